The predicted octanol–water partition coefficient (Wildman–Crippen LogP) is 10.3. The SMILES string of the molecule is CCCCC/C=C/C(O)C(CO)NC(=O)CCCCCCCCCCCCCCCCCCCCCCCCC. The Morgan fingerprint density at radius 3 is 1.30 bits per heavy atom. The average Bonchev–Trinajstić information content (AvgIpc) is 2.96. The number of allylic oxidation sites excluding steroid dienone is 1. The molecule has 0 aliphatic carbocycles. The largest absolute Gasteiger partial charge is 0.394 e. The van der Waals surface area contributed by atoms with Gasteiger partial charge in [-0.25, -0.2) is 0 Å². The fourth-order valence-electron chi connectivity index (χ4n) is 5.47. The van der Waals surface area contributed by atoms with Gasteiger partial charge in [0.2, 0.25) is 5.91 Å². The molecule has 0 fully saturated rings. The zero-order valence-corrected chi connectivity index (χ0v) is 27.1. The Morgan fingerprint density at radius 1 is 0.575 bits per heavy atom. The van der Waals surface area contributed by atoms with E-state index in [9.17, 15) is 15.0 Å². The number of rotatable bonds is 32. The zero-order valence-electron chi connectivity index (χ0n) is 27.1. The molecular weight excluding hydrogens is 494 g/mol. The summed E-state index contributed by atoms with van der Waals surface area (Å²) in [6.07, 6.45) is 39.1. The van der Waals surface area contributed by atoms with Crippen molar-refractivity contribution in [2.45, 2.75) is 206 Å². The van der Waals surface area contributed by atoms with Crippen LogP contribution in [0, 0.1) is 0 Å². The summed E-state index contributed by atoms with van der Waals surface area (Å²) in [6.45, 7) is 4.21. The maximum absolute atomic E-state index is 12.2. The average molecular weight is 566 g/mol. The van der Waals surface area contributed by atoms with Gasteiger partial charge in [0.25, 0.3) is 0 Å². The maximum Gasteiger partial charge on any atom is 0.220 e. The van der Waals surface area contributed by atoms with Crippen LogP contribution in [0.2, 0.25) is 0 Å². The Hall–Kier alpha value is -0.870. The summed E-state index contributed by atoms with van der Waals surface area (Å²) < 4.78 is 0. The van der Waals surface area contributed by atoms with E-state index in [0.29, 0.717) is 6.42 Å². The van der Waals surface area contributed by atoms with E-state index in [-0.39, 0.29) is 12.5 Å². The van der Waals surface area contributed by atoms with Gasteiger partial charge in [-0.2, -0.15) is 0 Å². The molecule has 2 atom stereocenters. The van der Waals surface area contributed by atoms with Crippen LogP contribution in [0.4, 0.5) is 0 Å². The number of carbonyl (C=O) groups excluding carboxylic acids is 1. The highest BCUT2D eigenvalue weighted by Crippen LogP contribution is 2.15. The van der Waals surface area contributed by atoms with Crippen molar-refractivity contribution in [1.82, 2.24) is 5.32 Å². The lowest BCUT2D eigenvalue weighted by Gasteiger charge is -2.20. The molecule has 0 rings (SSSR count). The Labute approximate surface area is 250 Å². The zero-order chi connectivity index (χ0) is 29.4. The quantitative estimate of drug-likeness (QED) is 0.0561. The molecule has 0 aromatic carbocycles. The van der Waals surface area contributed by atoms with Crippen molar-refractivity contribution in [1.29, 1.82) is 0 Å². The van der Waals surface area contributed by atoms with Gasteiger partial charge in [0.15, 0.2) is 0 Å². The molecule has 238 valence electrons. The highest BCUT2D eigenvalue weighted by atomic mass is 16.3. The van der Waals surface area contributed by atoms with E-state index < -0.39 is 12.1 Å². The fraction of sp³-hybridized carbons (Fsp3) is 0.917. The molecular formula is C36H71NO3. The number of amides is 1. The van der Waals surface area contributed by atoms with Gasteiger partial charge in [-0.3, -0.25) is 4.79 Å². The first-order valence-corrected chi connectivity index (χ1v) is 17.9. The predicted molar refractivity (Wildman–Crippen MR) is 175 cm³/mol. The molecule has 0 bridgehead atoms. The monoisotopic (exact) mass is 566 g/mol. The molecule has 4 heteroatoms. The number of nitrogens with one attached hydrogen (secondary N) is 1. The molecule has 0 radical (unpaired) electrons. The first-order valence-electron chi connectivity index (χ1n) is 17.9. The third kappa shape index (κ3) is 28.7. The molecule has 0 saturated carbocycles. The van der Waals surface area contributed by atoms with Crippen LogP contribution in [0.1, 0.15) is 194 Å². The second-order valence-corrected chi connectivity index (χ2v) is 12.3. The van der Waals surface area contributed by atoms with Gasteiger partial charge >= 0.3 is 0 Å². The second kappa shape index (κ2) is 32.6. The third-order valence-corrected chi connectivity index (χ3v) is 8.27. The van der Waals surface area contributed by atoms with Gasteiger partial charge < -0.3 is 15.5 Å². The highest BCUT2D eigenvalue weighted by molar-refractivity contribution is 5.76. The van der Waals surface area contributed by atoms with Crippen molar-refractivity contribution in [3.8, 4) is 0 Å². The molecule has 3 N–H and O–H groups in total. The highest BCUT2D eigenvalue weighted by Gasteiger charge is 2.17. The number of aliphatic hydroxyl groups excluding tert-OH is 2. The summed E-state index contributed by atoms with van der Waals surface area (Å²) in [5.74, 6) is -0.0685. The van der Waals surface area contributed by atoms with Crippen molar-refractivity contribution in [2.24, 2.45) is 0 Å². The molecule has 2 unspecified atom stereocenters. The number of hydrogen-bond acceptors (Lipinski definition) is 3. The standard InChI is InChI=1S/C36H71NO3/c1-3-5-7-9-10-11-12-13-14-15-16-17-18-19-20-21-22-23-24-25-26-28-30-32-36(40)37-34(33-38)35(39)31-29-27-8-6-4-2/h29,31,34-35,38-39H,3-28,30,32-33H2,1-2H3,(H,37,40)/b31-29+. The lowest BCUT2D eigenvalue weighted by atomic mass is 10.0. The van der Waals surface area contributed by atoms with E-state index in [1.807, 2.05) is 6.08 Å². The minimum Gasteiger partial charge on any atom is -0.394 e. The van der Waals surface area contributed by atoms with Crippen molar-refractivity contribution in [3.63, 3.8) is 0 Å². The van der Waals surface area contributed by atoms with Crippen LogP contribution < -0.4 is 5.32 Å². The van der Waals surface area contributed by atoms with E-state index in [4.69, 9.17) is 0 Å². The van der Waals surface area contributed by atoms with Gasteiger partial charge in [-0.15, -0.1) is 0 Å². The normalized spacial score (nSPS) is 13.2. The Kier molecular flexibility index (Phi) is 31.9. The topological polar surface area (TPSA) is 69.6 Å². The van der Waals surface area contributed by atoms with Crippen LogP contribution in [-0.2, 0) is 4.79 Å². The van der Waals surface area contributed by atoms with Gasteiger partial charge in [0.05, 0.1) is 18.8 Å². The fourth-order valence-corrected chi connectivity index (χ4v) is 5.47. The van der Waals surface area contributed by atoms with Gasteiger partial charge in [-0.1, -0.05) is 180 Å². The van der Waals surface area contributed by atoms with Crippen molar-refractivity contribution >= 4 is 5.91 Å². The Morgan fingerprint density at radius 2 is 0.925 bits per heavy atom. The van der Waals surface area contributed by atoms with E-state index in [2.05, 4.69) is 19.2 Å². The Balaban J connectivity index is 3.39. The molecule has 0 aromatic heterocycles. The molecule has 0 aliphatic heterocycles. The van der Waals surface area contributed by atoms with E-state index in [1.165, 1.54) is 148 Å². The summed E-state index contributed by atoms with van der Waals surface area (Å²) in [6, 6.07) is -0.612. The van der Waals surface area contributed by atoms with Crippen LogP contribution in [0.5, 0.6) is 0 Å². The number of carbonyl (C=O) groups is 1. The van der Waals surface area contributed by atoms with Gasteiger partial charge in [0, 0.05) is 6.42 Å². The van der Waals surface area contributed by atoms with E-state index in [1.54, 1.807) is 6.08 Å². The molecule has 0 saturated heterocycles. The second-order valence-electron chi connectivity index (χ2n) is 12.3. The molecule has 0 heterocycles. The molecule has 0 aromatic rings. The third-order valence-electron chi connectivity index (χ3n) is 8.27. The maximum atomic E-state index is 12.2. The molecule has 0 spiro atoms. The van der Waals surface area contributed by atoms with E-state index >= 15 is 0 Å². The molecule has 4 nitrogen and oxygen atoms in total. The minimum atomic E-state index is -0.829. The summed E-state index contributed by atoms with van der Waals surface area (Å²) in [4.78, 5) is 12.2. The summed E-state index contributed by atoms with van der Waals surface area (Å²) in [7, 11) is 0. The van der Waals surface area contributed by atoms with E-state index in [0.717, 1.165) is 25.7 Å². The van der Waals surface area contributed by atoms with Crippen LogP contribution >= 0.6 is 0 Å². The smallest absolute Gasteiger partial charge is 0.220 e. The Bertz CT molecular complexity index is 536. The van der Waals surface area contributed by atoms with Crippen molar-refractivity contribution in [2.75, 3.05) is 6.61 Å². The van der Waals surface area contributed by atoms with Crippen LogP contribution in [0.15, 0.2) is 12.2 Å². The van der Waals surface area contributed by atoms with Crippen molar-refractivity contribution < 1.29 is 15.0 Å². The number of unbranched alkanes of at least 4 members (excludes halogenated alkanes) is 25. The van der Waals surface area contributed by atoms with Crippen LogP contribution in [0.3, 0.4) is 0 Å². The lowest BCUT2D eigenvalue weighted by molar-refractivity contribution is -0.123. The van der Waals surface area contributed by atoms with Gasteiger partial charge in [-0.05, 0) is 19.3 Å². The van der Waals surface area contributed by atoms with Crippen molar-refractivity contribution in [3.05, 3.63) is 12.2 Å². The molecule has 40 heavy (non-hydrogen) atoms. The summed E-state index contributed by atoms with van der Waals surface area (Å²) in [5.41, 5.74) is 0. The summed E-state index contributed by atoms with van der Waals surface area (Å²) in [5, 5.41) is 22.5. The first kappa shape index (κ1) is 39.1. The van der Waals surface area contributed by atoms with Crippen LogP contribution in [0.25, 0.3) is 0 Å². The molecule has 0 aliphatic rings. The minimum absolute atomic E-state index is 0.0685. The van der Waals surface area contributed by atoms with Gasteiger partial charge in [0.1, 0.15) is 0 Å². The first-order chi connectivity index (χ1) is 19.7. The summed E-state index contributed by atoms with van der Waals surface area (Å²) >= 11 is 0. The van der Waals surface area contributed by atoms with Crippen LogP contribution in [-0.4, -0.2) is 34.9 Å². The number of aliphatic hydroxyl groups is 2. The lowest BCUT2D eigenvalue weighted by Crippen LogP contribution is -2.45. The number of hydrogen-bond donors (Lipinski definition) is 3. The molecule has 1 amide bonds.